The van der Waals surface area contributed by atoms with Crippen LogP contribution in [0.1, 0.15) is 45.2 Å². The van der Waals surface area contributed by atoms with Crippen molar-refractivity contribution < 1.29 is 9.53 Å². The van der Waals surface area contributed by atoms with E-state index in [4.69, 9.17) is 4.74 Å². The fraction of sp³-hybridized carbons (Fsp3) is 0.533. The van der Waals surface area contributed by atoms with Gasteiger partial charge in [-0.05, 0) is 39.2 Å². The Labute approximate surface area is 119 Å². The van der Waals surface area contributed by atoms with Gasteiger partial charge in [0.1, 0.15) is 11.6 Å². The van der Waals surface area contributed by atoms with Crippen LogP contribution in [0.3, 0.4) is 0 Å². The molecule has 1 aromatic carbocycles. The molecule has 1 unspecified atom stereocenters. The maximum Gasteiger partial charge on any atom is 0.407 e. The smallest absolute Gasteiger partial charge is 0.407 e. The second-order valence-electron chi connectivity index (χ2n) is 5.60. The van der Waals surface area contributed by atoms with Crippen LogP contribution in [0.4, 0.5) is 4.79 Å². The zero-order chi connectivity index (χ0) is 15.0. The van der Waals surface area contributed by atoms with Gasteiger partial charge < -0.3 is 10.1 Å². The molecule has 0 aliphatic carbocycles. The van der Waals surface area contributed by atoms with Crippen LogP contribution in [0.25, 0.3) is 0 Å². The lowest BCUT2D eigenvalue weighted by molar-refractivity contribution is 0.0527. The van der Waals surface area contributed by atoms with Crippen molar-refractivity contribution in [2.45, 2.75) is 45.3 Å². The summed E-state index contributed by atoms with van der Waals surface area (Å²) >= 11 is 0. The summed E-state index contributed by atoms with van der Waals surface area (Å²) < 4.78 is 5.12. The molecule has 0 aliphatic rings. The number of benzene rings is 1. The number of rotatable bonds is 6. The summed E-state index contributed by atoms with van der Waals surface area (Å²) in [6, 6.07) is 9.06. The van der Waals surface area contributed by atoms with E-state index < -0.39 is 11.7 Å². The molecule has 5 nitrogen and oxygen atoms in total. The molecule has 0 aliphatic heterocycles. The van der Waals surface area contributed by atoms with E-state index in [1.807, 2.05) is 51.1 Å². The Hall–Kier alpha value is -1.91. The van der Waals surface area contributed by atoms with Gasteiger partial charge >= 0.3 is 6.09 Å². The van der Waals surface area contributed by atoms with Crippen molar-refractivity contribution in [2.75, 3.05) is 6.54 Å². The third-order valence-corrected chi connectivity index (χ3v) is 2.63. The van der Waals surface area contributed by atoms with Gasteiger partial charge in [0, 0.05) is 6.54 Å². The third-order valence-electron chi connectivity index (χ3n) is 2.63. The molecule has 0 saturated carbocycles. The lowest BCUT2D eigenvalue weighted by atomic mass is 10.0. The average molecular weight is 278 g/mol. The Kier molecular flexibility index (Phi) is 6.15. The number of ether oxygens (including phenoxy) is 1. The molecule has 0 heterocycles. The highest BCUT2D eigenvalue weighted by molar-refractivity contribution is 5.67. The van der Waals surface area contributed by atoms with E-state index in [-0.39, 0.29) is 6.04 Å². The molecule has 0 fully saturated rings. The highest BCUT2D eigenvalue weighted by Crippen LogP contribution is 2.21. The van der Waals surface area contributed by atoms with E-state index in [0.717, 1.165) is 5.56 Å². The predicted octanol–water partition coefficient (Wildman–Crippen LogP) is 3.80. The van der Waals surface area contributed by atoms with Crippen molar-refractivity contribution >= 4 is 6.09 Å². The largest absolute Gasteiger partial charge is 0.444 e. The van der Waals surface area contributed by atoms with Gasteiger partial charge in [-0.25, -0.2) is 4.79 Å². The summed E-state index contributed by atoms with van der Waals surface area (Å²) in [6.45, 7) is 5.91. The molecule has 1 amide bonds. The molecular weight excluding hydrogens is 256 g/mol. The Morgan fingerprint density at radius 3 is 2.50 bits per heavy atom. The van der Waals surface area contributed by atoms with E-state index in [1.165, 1.54) is 0 Å². The first kappa shape index (κ1) is 16.1. The van der Waals surface area contributed by atoms with Gasteiger partial charge in [0.05, 0.1) is 0 Å². The lowest BCUT2D eigenvalue weighted by Crippen LogP contribution is -2.33. The van der Waals surface area contributed by atoms with Crippen molar-refractivity contribution in [3.8, 4) is 0 Å². The second kappa shape index (κ2) is 7.62. The van der Waals surface area contributed by atoms with Crippen molar-refractivity contribution in [1.29, 1.82) is 0 Å². The molecule has 0 radical (unpaired) electrons. The van der Waals surface area contributed by atoms with E-state index in [0.29, 0.717) is 19.4 Å². The third kappa shape index (κ3) is 6.31. The summed E-state index contributed by atoms with van der Waals surface area (Å²) in [5.74, 6) is 0. The summed E-state index contributed by atoms with van der Waals surface area (Å²) in [6.07, 6.45) is 0.834. The SMILES string of the molecule is CC(C)(C)OC(=O)NCCCC(N=O)c1ccccc1. The van der Waals surface area contributed by atoms with Crippen LogP contribution in [0, 0.1) is 4.91 Å². The summed E-state index contributed by atoms with van der Waals surface area (Å²) in [5.41, 5.74) is 0.404. The van der Waals surface area contributed by atoms with Gasteiger partial charge in [-0.2, -0.15) is 4.91 Å². The van der Waals surface area contributed by atoms with E-state index in [1.54, 1.807) is 0 Å². The molecule has 1 rings (SSSR count). The van der Waals surface area contributed by atoms with Crippen LogP contribution in [-0.2, 0) is 4.74 Å². The first-order valence-electron chi connectivity index (χ1n) is 6.76. The second-order valence-corrected chi connectivity index (χ2v) is 5.60. The number of amides is 1. The van der Waals surface area contributed by atoms with Crippen LogP contribution in [0.5, 0.6) is 0 Å². The minimum absolute atomic E-state index is 0.364. The van der Waals surface area contributed by atoms with Crippen LogP contribution in [0.2, 0.25) is 0 Å². The van der Waals surface area contributed by atoms with Crippen LogP contribution in [0.15, 0.2) is 35.5 Å². The fourth-order valence-corrected chi connectivity index (χ4v) is 1.76. The lowest BCUT2D eigenvalue weighted by Gasteiger charge is -2.19. The minimum atomic E-state index is -0.499. The molecular formula is C15H22N2O3. The summed E-state index contributed by atoms with van der Waals surface area (Å²) in [5, 5.41) is 5.81. The Bertz CT molecular complexity index is 426. The molecule has 0 bridgehead atoms. The molecule has 20 heavy (non-hydrogen) atoms. The molecule has 5 heteroatoms. The number of nitrogens with one attached hydrogen (secondary N) is 1. The number of carbonyl (C=O) groups excluding carboxylic acids is 1. The Morgan fingerprint density at radius 1 is 1.30 bits per heavy atom. The quantitative estimate of drug-likeness (QED) is 0.635. The summed E-state index contributed by atoms with van der Waals surface area (Å²) in [4.78, 5) is 22.3. The van der Waals surface area contributed by atoms with Crippen molar-refractivity contribution in [3.63, 3.8) is 0 Å². The average Bonchev–Trinajstić information content (AvgIpc) is 2.38. The Balaban J connectivity index is 2.29. The number of carbonyl (C=O) groups is 1. The number of hydrogen-bond donors (Lipinski definition) is 1. The van der Waals surface area contributed by atoms with Crippen molar-refractivity contribution in [2.24, 2.45) is 5.18 Å². The zero-order valence-corrected chi connectivity index (χ0v) is 12.3. The van der Waals surface area contributed by atoms with Crippen LogP contribution >= 0.6 is 0 Å². The van der Waals surface area contributed by atoms with Gasteiger partial charge in [0.2, 0.25) is 0 Å². The molecule has 1 N–H and O–H groups in total. The van der Waals surface area contributed by atoms with Crippen LogP contribution in [-0.4, -0.2) is 18.2 Å². The molecule has 110 valence electrons. The van der Waals surface area contributed by atoms with Gasteiger partial charge in [0.15, 0.2) is 0 Å². The first-order valence-corrected chi connectivity index (χ1v) is 6.76. The topological polar surface area (TPSA) is 67.8 Å². The van der Waals surface area contributed by atoms with E-state index >= 15 is 0 Å². The Morgan fingerprint density at radius 2 is 1.95 bits per heavy atom. The normalized spacial score (nSPS) is 12.6. The monoisotopic (exact) mass is 278 g/mol. The van der Waals surface area contributed by atoms with Crippen molar-refractivity contribution in [1.82, 2.24) is 5.32 Å². The highest BCUT2D eigenvalue weighted by Gasteiger charge is 2.16. The highest BCUT2D eigenvalue weighted by atomic mass is 16.6. The van der Waals surface area contributed by atoms with Gasteiger partial charge in [-0.15, -0.1) is 0 Å². The van der Waals surface area contributed by atoms with E-state index in [2.05, 4.69) is 10.5 Å². The first-order chi connectivity index (χ1) is 9.42. The van der Waals surface area contributed by atoms with E-state index in [9.17, 15) is 9.70 Å². The fourth-order valence-electron chi connectivity index (χ4n) is 1.76. The molecule has 0 saturated heterocycles. The molecule has 1 atom stereocenters. The minimum Gasteiger partial charge on any atom is -0.444 e. The number of nitroso groups, excluding NO2 is 1. The maximum atomic E-state index is 11.4. The maximum absolute atomic E-state index is 11.4. The van der Waals surface area contributed by atoms with Gasteiger partial charge in [-0.3, -0.25) is 0 Å². The van der Waals surface area contributed by atoms with Gasteiger partial charge in [-0.1, -0.05) is 35.5 Å². The number of alkyl carbamates (subject to hydrolysis) is 1. The van der Waals surface area contributed by atoms with Crippen LogP contribution < -0.4 is 5.32 Å². The molecule has 1 aromatic rings. The van der Waals surface area contributed by atoms with Crippen molar-refractivity contribution in [3.05, 3.63) is 40.8 Å². The summed E-state index contributed by atoms with van der Waals surface area (Å²) in [7, 11) is 0. The number of hydrogen-bond acceptors (Lipinski definition) is 4. The number of nitrogens with zero attached hydrogens (tertiary/aromatic N) is 1. The van der Waals surface area contributed by atoms with Gasteiger partial charge in [0.25, 0.3) is 0 Å². The molecule has 0 spiro atoms. The standard InChI is InChI=1S/C15H22N2O3/c1-15(2,3)20-14(18)16-11-7-10-13(17-19)12-8-5-4-6-9-12/h4-6,8-9,13H,7,10-11H2,1-3H3,(H,16,18). The molecule has 0 aromatic heterocycles. The zero-order valence-electron chi connectivity index (χ0n) is 12.3. The predicted molar refractivity (Wildman–Crippen MR) is 78.4 cm³/mol.